The monoisotopic (exact) mass is 339 g/mol. The highest BCUT2D eigenvalue weighted by Crippen LogP contribution is 2.13. The van der Waals surface area contributed by atoms with Crippen molar-refractivity contribution in [3.8, 4) is 0 Å². The van der Waals surface area contributed by atoms with Gasteiger partial charge in [0.1, 0.15) is 0 Å². The molecule has 0 saturated carbocycles. The average Bonchev–Trinajstić information content (AvgIpc) is 2.62. The average molecular weight is 340 g/mol. The maximum Gasteiger partial charge on any atom is 0.222 e. The zero-order valence-corrected chi connectivity index (χ0v) is 15.7. The number of hydrogen-bond donors (Lipinski definition) is 0. The third-order valence-electron chi connectivity index (χ3n) is 4.97. The standard InChI is InChI=1S/C19H37N3O2/c1-2-3-4-5-6-7-8-9-10-11-12-13-14-19(23)21-15-17-22(20-24)18-16-21/h2-18H2,1H3. The summed E-state index contributed by atoms with van der Waals surface area (Å²) in [6.07, 6.45) is 16.5. The van der Waals surface area contributed by atoms with Crippen LogP contribution in [0.3, 0.4) is 0 Å². The van der Waals surface area contributed by atoms with Crippen molar-refractivity contribution in [2.24, 2.45) is 5.29 Å². The maximum absolute atomic E-state index is 12.1. The fraction of sp³-hybridized carbons (Fsp3) is 0.947. The molecule has 1 rings (SSSR count). The lowest BCUT2D eigenvalue weighted by Crippen LogP contribution is -2.46. The number of nitrogens with zero attached hydrogens (tertiary/aromatic N) is 3. The fourth-order valence-electron chi connectivity index (χ4n) is 3.30. The highest BCUT2D eigenvalue weighted by molar-refractivity contribution is 5.76. The molecular formula is C19H37N3O2. The number of carbonyl (C=O) groups is 1. The van der Waals surface area contributed by atoms with E-state index >= 15 is 0 Å². The van der Waals surface area contributed by atoms with E-state index in [4.69, 9.17) is 0 Å². The fourth-order valence-corrected chi connectivity index (χ4v) is 3.30. The summed E-state index contributed by atoms with van der Waals surface area (Å²) in [6.45, 7) is 4.70. The lowest BCUT2D eigenvalue weighted by atomic mass is 10.0. The lowest BCUT2D eigenvalue weighted by molar-refractivity contribution is -0.133. The van der Waals surface area contributed by atoms with Crippen LogP contribution < -0.4 is 0 Å². The van der Waals surface area contributed by atoms with Gasteiger partial charge in [-0.15, -0.1) is 4.91 Å². The van der Waals surface area contributed by atoms with Crippen LogP contribution in [0.25, 0.3) is 0 Å². The van der Waals surface area contributed by atoms with Crippen LogP contribution in [-0.4, -0.2) is 42.0 Å². The van der Waals surface area contributed by atoms with Gasteiger partial charge < -0.3 is 4.90 Å². The smallest absolute Gasteiger partial charge is 0.222 e. The predicted octanol–water partition coefficient (Wildman–Crippen LogP) is 4.90. The molecule has 1 aliphatic heterocycles. The van der Waals surface area contributed by atoms with E-state index in [1.165, 1.54) is 69.2 Å². The minimum atomic E-state index is 0.243. The molecule has 1 fully saturated rings. The number of nitroso groups, excluding NO2 is 1. The Hall–Kier alpha value is -1.13. The van der Waals surface area contributed by atoms with Gasteiger partial charge in [-0.25, -0.2) is 0 Å². The molecule has 0 N–H and O–H groups in total. The summed E-state index contributed by atoms with van der Waals surface area (Å²) in [5.41, 5.74) is 0. The summed E-state index contributed by atoms with van der Waals surface area (Å²) in [7, 11) is 0. The maximum atomic E-state index is 12.1. The molecule has 5 heteroatoms. The van der Waals surface area contributed by atoms with E-state index in [0.29, 0.717) is 32.6 Å². The van der Waals surface area contributed by atoms with E-state index in [2.05, 4.69) is 12.2 Å². The highest BCUT2D eigenvalue weighted by Gasteiger charge is 2.20. The molecular weight excluding hydrogens is 302 g/mol. The van der Waals surface area contributed by atoms with Crippen molar-refractivity contribution in [1.82, 2.24) is 9.91 Å². The molecule has 0 aliphatic carbocycles. The molecule has 0 bridgehead atoms. The first-order valence-corrected chi connectivity index (χ1v) is 10.1. The molecule has 0 atom stereocenters. The topological polar surface area (TPSA) is 53.0 Å². The Balaban J connectivity index is 1.85. The van der Waals surface area contributed by atoms with Gasteiger partial charge in [0.15, 0.2) is 0 Å². The van der Waals surface area contributed by atoms with Crippen LogP contribution in [0, 0.1) is 4.91 Å². The Bertz CT molecular complexity index is 329. The van der Waals surface area contributed by atoms with Crippen molar-refractivity contribution >= 4 is 5.91 Å². The van der Waals surface area contributed by atoms with Crippen molar-refractivity contribution in [2.45, 2.75) is 90.4 Å². The second-order valence-electron chi connectivity index (χ2n) is 7.06. The van der Waals surface area contributed by atoms with Crippen molar-refractivity contribution in [2.75, 3.05) is 26.2 Å². The lowest BCUT2D eigenvalue weighted by Gasteiger charge is -2.31. The number of carbonyl (C=O) groups excluding carboxylic acids is 1. The van der Waals surface area contributed by atoms with Gasteiger partial charge in [-0.2, -0.15) is 0 Å². The third-order valence-corrected chi connectivity index (χ3v) is 4.97. The third kappa shape index (κ3) is 9.89. The number of unbranched alkanes of at least 4 members (excludes halogenated alkanes) is 11. The predicted molar refractivity (Wildman–Crippen MR) is 99.6 cm³/mol. The van der Waals surface area contributed by atoms with Gasteiger partial charge in [0.25, 0.3) is 0 Å². The molecule has 5 nitrogen and oxygen atoms in total. The second kappa shape index (κ2) is 14.2. The molecule has 24 heavy (non-hydrogen) atoms. The summed E-state index contributed by atoms with van der Waals surface area (Å²) in [5.74, 6) is 0.243. The number of rotatable bonds is 14. The van der Waals surface area contributed by atoms with Crippen molar-refractivity contribution < 1.29 is 4.79 Å². The first-order chi connectivity index (χ1) is 11.8. The van der Waals surface area contributed by atoms with Gasteiger partial charge in [-0.05, 0) is 6.42 Å². The van der Waals surface area contributed by atoms with E-state index in [9.17, 15) is 9.70 Å². The largest absolute Gasteiger partial charge is 0.339 e. The highest BCUT2D eigenvalue weighted by atomic mass is 16.3. The molecule has 0 radical (unpaired) electrons. The Kier molecular flexibility index (Phi) is 12.4. The Morgan fingerprint density at radius 2 is 1.21 bits per heavy atom. The summed E-state index contributed by atoms with van der Waals surface area (Å²) < 4.78 is 0. The van der Waals surface area contributed by atoms with Crippen LogP contribution in [0.4, 0.5) is 0 Å². The normalized spacial score (nSPS) is 14.9. The zero-order chi connectivity index (χ0) is 17.5. The summed E-state index contributed by atoms with van der Waals surface area (Å²) in [4.78, 5) is 24.4. The summed E-state index contributed by atoms with van der Waals surface area (Å²) in [5, 5.41) is 4.42. The number of amides is 1. The second-order valence-corrected chi connectivity index (χ2v) is 7.06. The van der Waals surface area contributed by atoms with Crippen molar-refractivity contribution in [3.05, 3.63) is 4.91 Å². The molecule has 1 heterocycles. The first kappa shape index (κ1) is 20.9. The molecule has 1 saturated heterocycles. The Labute approximate surface area is 148 Å². The van der Waals surface area contributed by atoms with Gasteiger partial charge in [0.2, 0.25) is 5.91 Å². The Morgan fingerprint density at radius 1 is 0.750 bits per heavy atom. The first-order valence-electron chi connectivity index (χ1n) is 10.1. The van der Waals surface area contributed by atoms with Crippen molar-refractivity contribution in [3.63, 3.8) is 0 Å². The van der Waals surface area contributed by atoms with Crippen molar-refractivity contribution in [1.29, 1.82) is 0 Å². The molecule has 140 valence electrons. The molecule has 0 unspecified atom stereocenters. The molecule has 0 aromatic carbocycles. The number of hydrogen-bond acceptors (Lipinski definition) is 3. The van der Waals surface area contributed by atoms with Crippen LogP contribution in [0.1, 0.15) is 90.4 Å². The van der Waals surface area contributed by atoms with E-state index in [-0.39, 0.29) is 5.91 Å². The van der Waals surface area contributed by atoms with Crippen LogP contribution in [0.15, 0.2) is 5.29 Å². The van der Waals surface area contributed by atoms with E-state index < -0.39 is 0 Å². The number of piperazine rings is 1. The van der Waals surface area contributed by atoms with Gasteiger partial charge in [-0.1, -0.05) is 77.6 Å². The molecule has 0 spiro atoms. The van der Waals surface area contributed by atoms with Gasteiger partial charge in [0.05, 0.1) is 18.4 Å². The molecule has 0 aromatic rings. The SMILES string of the molecule is CCCCCCCCCCCCCCC(=O)N1CCN(N=O)CC1. The Morgan fingerprint density at radius 3 is 1.67 bits per heavy atom. The summed E-state index contributed by atoms with van der Waals surface area (Å²) >= 11 is 0. The molecule has 1 amide bonds. The quantitative estimate of drug-likeness (QED) is 0.334. The molecule has 1 aliphatic rings. The van der Waals surface area contributed by atoms with Gasteiger partial charge in [-0.3, -0.25) is 9.80 Å². The zero-order valence-electron chi connectivity index (χ0n) is 15.7. The van der Waals surface area contributed by atoms with E-state index in [1.807, 2.05) is 4.90 Å². The minimum absolute atomic E-state index is 0.243. The van der Waals surface area contributed by atoms with Crippen LogP contribution >= 0.6 is 0 Å². The minimum Gasteiger partial charge on any atom is -0.339 e. The van der Waals surface area contributed by atoms with Crippen LogP contribution in [0.2, 0.25) is 0 Å². The van der Waals surface area contributed by atoms with Gasteiger partial charge >= 0.3 is 0 Å². The van der Waals surface area contributed by atoms with Crippen LogP contribution in [-0.2, 0) is 4.79 Å². The van der Waals surface area contributed by atoms with Gasteiger partial charge in [0, 0.05) is 19.5 Å². The van der Waals surface area contributed by atoms with Crippen LogP contribution in [0.5, 0.6) is 0 Å². The summed E-state index contributed by atoms with van der Waals surface area (Å²) in [6, 6.07) is 0. The van der Waals surface area contributed by atoms with E-state index in [1.54, 1.807) is 0 Å². The van der Waals surface area contributed by atoms with E-state index in [0.717, 1.165) is 12.8 Å². The molecule has 0 aromatic heterocycles.